The van der Waals surface area contributed by atoms with Crippen molar-refractivity contribution in [3.8, 4) is 22.6 Å². The van der Waals surface area contributed by atoms with Crippen LogP contribution in [0.1, 0.15) is 0 Å². The van der Waals surface area contributed by atoms with Gasteiger partial charge < -0.3 is 9.64 Å². The van der Waals surface area contributed by atoms with Crippen LogP contribution in [0.3, 0.4) is 0 Å². The Bertz CT molecular complexity index is 1920. The van der Waals surface area contributed by atoms with Crippen molar-refractivity contribution in [1.82, 2.24) is 4.98 Å². The molecule has 0 saturated heterocycles. The Labute approximate surface area is 220 Å². The highest BCUT2D eigenvalue weighted by Crippen LogP contribution is 2.54. The number of ether oxygens (including phenoxy) is 1. The lowest BCUT2D eigenvalue weighted by Crippen LogP contribution is -2.16. The minimum Gasteiger partial charge on any atom is -0.453 e. The number of pyridine rings is 1. The molecule has 0 saturated carbocycles. The van der Waals surface area contributed by atoms with Crippen molar-refractivity contribution < 1.29 is 4.74 Å². The molecule has 7 aromatic rings. The second kappa shape index (κ2) is 8.19. The Morgan fingerprint density at radius 3 is 1.95 bits per heavy atom. The van der Waals surface area contributed by atoms with E-state index in [1.165, 1.54) is 21.5 Å². The molecule has 38 heavy (non-hydrogen) atoms. The lowest BCUT2D eigenvalue weighted by atomic mass is 9.91. The van der Waals surface area contributed by atoms with Crippen LogP contribution >= 0.6 is 0 Å². The van der Waals surface area contributed by atoms with Crippen LogP contribution in [-0.4, -0.2) is 4.98 Å². The molecule has 6 aromatic carbocycles. The fourth-order valence-electron chi connectivity index (χ4n) is 5.80. The van der Waals surface area contributed by atoms with Crippen molar-refractivity contribution >= 4 is 49.5 Å². The van der Waals surface area contributed by atoms with Gasteiger partial charge >= 0.3 is 0 Å². The quantitative estimate of drug-likeness (QED) is 0.227. The predicted octanol–water partition coefficient (Wildman–Crippen LogP) is 9.78. The Morgan fingerprint density at radius 2 is 1.16 bits per heavy atom. The van der Waals surface area contributed by atoms with Gasteiger partial charge in [0.25, 0.3) is 0 Å². The molecule has 3 nitrogen and oxygen atoms in total. The van der Waals surface area contributed by atoms with Crippen LogP contribution in [0.4, 0.5) is 17.1 Å². The highest BCUT2D eigenvalue weighted by Gasteiger charge is 2.29. The first-order valence-corrected chi connectivity index (χ1v) is 12.8. The van der Waals surface area contributed by atoms with E-state index in [2.05, 4.69) is 102 Å². The Balaban J connectivity index is 1.51. The molecule has 2 heterocycles. The van der Waals surface area contributed by atoms with Crippen LogP contribution in [0.15, 0.2) is 134 Å². The second-order valence-corrected chi connectivity index (χ2v) is 9.60. The average Bonchev–Trinajstić information content (AvgIpc) is 2.98. The van der Waals surface area contributed by atoms with Crippen molar-refractivity contribution in [3.05, 3.63) is 134 Å². The first-order valence-electron chi connectivity index (χ1n) is 12.8. The van der Waals surface area contributed by atoms with E-state index in [0.717, 1.165) is 50.6 Å². The van der Waals surface area contributed by atoms with Crippen LogP contribution in [0, 0.1) is 0 Å². The summed E-state index contributed by atoms with van der Waals surface area (Å²) in [5.41, 5.74) is 6.44. The largest absolute Gasteiger partial charge is 0.453 e. The lowest BCUT2D eigenvalue weighted by molar-refractivity contribution is 0.477. The van der Waals surface area contributed by atoms with Gasteiger partial charge in [-0.15, -0.1) is 0 Å². The molecule has 0 radical (unpaired) electrons. The monoisotopic (exact) mass is 486 g/mol. The van der Waals surface area contributed by atoms with Gasteiger partial charge in [0, 0.05) is 22.5 Å². The molecule has 0 aliphatic carbocycles. The molecular formula is C35H22N2O. The summed E-state index contributed by atoms with van der Waals surface area (Å²) in [6.45, 7) is 0. The number of hydrogen-bond donors (Lipinski definition) is 0. The smallest absolute Gasteiger partial charge is 0.151 e. The van der Waals surface area contributed by atoms with Gasteiger partial charge in [0.05, 0.1) is 22.6 Å². The summed E-state index contributed by atoms with van der Waals surface area (Å²) in [5, 5.41) is 5.89. The molecule has 8 rings (SSSR count). The fourth-order valence-corrected chi connectivity index (χ4v) is 5.80. The number of benzene rings is 6. The fraction of sp³-hybridized carbons (Fsp3) is 0. The van der Waals surface area contributed by atoms with Crippen molar-refractivity contribution in [2.45, 2.75) is 0 Å². The van der Waals surface area contributed by atoms with Crippen LogP contribution < -0.4 is 9.64 Å². The summed E-state index contributed by atoms with van der Waals surface area (Å²) in [7, 11) is 0. The summed E-state index contributed by atoms with van der Waals surface area (Å²) in [6, 6.07) is 44.6. The number of fused-ring (bicyclic) bond motifs is 5. The third-order valence-electron chi connectivity index (χ3n) is 7.45. The van der Waals surface area contributed by atoms with E-state index in [-0.39, 0.29) is 0 Å². The number of nitrogens with zero attached hydrogens (tertiary/aromatic N) is 2. The van der Waals surface area contributed by atoms with Crippen LogP contribution in [-0.2, 0) is 0 Å². The number of hydrogen-bond acceptors (Lipinski definition) is 3. The molecule has 0 N–H and O–H groups in total. The maximum absolute atomic E-state index is 6.33. The van der Waals surface area contributed by atoms with E-state index in [4.69, 9.17) is 9.72 Å². The number of para-hydroxylation sites is 4. The van der Waals surface area contributed by atoms with E-state index in [1.807, 2.05) is 36.5 Å². The summed E-state index contributed by atoms with van der Waals surface area (Å²) >= 11 is 0. The van der Waals surface area contributed by atoms with Gasteiger partial charge in [-0.3, -0.25) is 4.98 Å². The maximum Gasteiger partial charge on any atom is 0.151 e. The molecule has 0 bridgehead atoms. The zero-order chi connectivity index (χ0) is 25.1. The van der Waals surface area contributed by atoms with Crippen molar-refractivity contribution in [2.24, 2.45) is 0 Å². The summed E-state index contributed by atoms with van der Waals surface area (Å²) < 4.78 is 6.33. The molecule has 178 valence electrons. The molecule has 0 atom stereocenters. The third-order valence-corrected chi connectivity index (χ3v) is 7.45. The zero-order valence-corrected chi connectivity index (χ0v) is 20.5. The van der Waals surface area contributed by atoms with E-state index in [9.17, 15) is 0 Å². The molecule has 0 spiro atoms. The number of aromatic nitrogens is 1. The molecular weight excluding hydrogens is 464 g/mol. The average molecular weight is 487 g/mol. The minimum absolute atomic E-state index is 0.839. The predicted molar refractivity (Wildman–Crippen MR) is 157 cm³/mol. The van der Waals surface area contributed by atoms with E-state index in [0.29, 0.717) is 0 Å². The summed E-state index contributed by atoms with van der Waals surface area (Å²) in [6.07, 6.45) is 1.90. The van der Waals surface area contributed by atoms with Gasteiger partial charge in [-0.05, 0) is 64.2 Å². The van der Waals surface area contributed by atoms with Gasteiger partial charge in [0.15, 0.2) is 11.5 Å². The van der Waals surface area contributed by atoms with Crippen LogP contribution in [0.2, 0.25) is 0 Å². The van der Waals surface area contributed by atoms with Crippen LogP contribution in [0.5, 0.6) is 11.5 Å². The highest BCUT2D eigenvalue weighted by molar-refractivity contribution is 6.22. The Hall–Kier alpha value is -5.15. The summed E-state index contributed by atoms with van der Waals surface area (Å²) in [5.74, 6) is 1.68. The minimum atomic E-state index is 0.839. The van der Waals surface area contributed by atoms with Gasteiger partial charge in [-0.2, -0.15) is 0 Å². The molecule has 3 heteroatoms. The molecule has 0 unspecified atom stereocenters. The molecule has 1 aromatic heterocycles. The van der Waals surface area contributed by atoms with Crippen molar-refractivity contribution in [3.63, 3.8) is 0 Å². The number of anilines is 3. The van der Waals surface area contributed by atoms with E-state index < -0.39 is 0 Å². The van der Waals surface area contributed by atoms with Gasteiger partial charge in [-0.25, -0.2) is 0 Å². The van der Waals surface area contributed by atoms with Gasteiger partial charge in [-0.1, -0.05) is 84.9 Å². The van der Waals surface area contributed by atoms with Gasteiger partial charge in [0.2, 0.25) is 0 Å². The molecule has 0 fully saturated rings. The standard InChI is InChI=1S/C35H22N2O/c1-2-11-24-22-25(20-19-23(24)10-1)33-26-12-3-4-13-27(26)35(28-14-9-21-36-34(28)33)37-29-15-5-7-17-31(29)38-32-18-8-6-16-30(32)37/h1-22H. The Morgan fingerprint density at radius 1 is 0.526 bits per heavy atom. The van der Waals surface area contributed by atoms with Crippen LogP contribution in [0.25, 0.3) is 43.6 Å². The van der Waals surface area contributed by atoms with E-state index in [1.54, 1.807) is 0 Å². The number of rotatable bonds is 2. The third kappa shape index (κ3) is 3.06. The lowest BCUT2D eigenvalue weighted by Gasteiger charge is -2.34. The summed E-state index contributed by atoms with van der Waals surface area (Å²) in [4.78, 5) is 7.34. The zero-order valence-electron chi connectivity index (χ0n) is 20.5. The first kappa shape index (κ1) is 21.0. The second-order valence-electron chi connectivity index (χ2n) is 9.60. The highest BCUT2D eigenvalue weighted by atomic mass is 16.5. The van der Waals surface area contributed by atoms with E-state index >= 15 is 0 Å². The Kier molecular flexibility index (Phi) is 4.52. The van der Waals surface area contributed by atoms with Gasteiger partial charge in [0.1, 0.15) is 0 Å². The first-order chi connectivity index (χ1) is 18.9. The maximum atomic E-state index is 6.33. The SMILES string of the molecule is c1ccc2c(c1)Oc1ccccc1N2c1c2ccccc2c(-c2ccc3ccccc3c2)c2ncccc12. The van der Waals surface area contributed by atoms with Crippen molar-refractivity contribution in [2.75, 3.05) is 4.90 Å². The topological polar surface area (TPSA) is 25.4 Å². The molecule has 1 aliphatic rings. The molecule has 1 aliphatic heterocycles. The normalized spacial score (nSPS) is 12.4. The molecule has 0 amide bonds. The van der Waals surface area contributed by atoms with Crippen molar-refractivity contribution in [1.29, 1.82) is 0 Å².